The molecule has 2 amide bonds. The number of rotatable bonds is 2. The molecule has 1 fully saturated rings. The molecular formula is C7H10N6O2. The summed E-state index contributed by atoms with van der Waals surface area (Å²) in [7, 11) is 1.60. The molecule has 80 valence electrons. The van der Waals surface area contributed by atoms with Crippen LogP contribution < -0.4 is 10.6 Å². The topological polar surface area (TPSA) is 102 Å². The number of hydrogen-bond acceptors (Lipinski definition) is 5. The summed E-state index contributed by atoms with van der Waals surface area (Å²) in [4.78, 5) is 23.7. The van der Waals surface area contributed by atoms with Gasteiger partial charge >= 0.3 is 0 Å². The molecule has 0 bridgehead atoms. The summed E-state index contributed by atoms with van der Waals surface area (Å²) < 4.78 is 0. The Kier molecular flexibility index (Phi) is 2.32. The van der Waals surface area contributed by atoms with Gasteiger partial charge in [0.2, 0.25) is 11.8 Å². The van der Waals surface area contributed by atoms with Crippen molar-refractivity contribution in [2.75, 3.05) is 11.9 Å². The number of tetrazole rings is 1. The van der Waals surface area contributed by atoms with Gasteiger partial charge in [0, 0.05) is 13.0 Å². The summed E-state index contributed by atoms with van der Waals surface area (Å²) in [5.74, 6) is -0.563. The fourth-order valence-electron chi connectivity index (χ4n) is 1.34. The Hall–Kier alpha value is -1.99. The van der Waals surface area contributed by atoms with Crippen LogP contribution in [0.3, 0.4) is 0 Å². The third-order valence-corrected chi connectivity index (χ3v) is 2.09. The number of anilines is 1. The van der Waals surface area contributed by atoms with E-state index >= 15 is 0 Å². The van der Waals surface area contributed by atoms with Gasteiger partial charge < -0.3 is 5.32 Å². The lowest BCUT2D eigenvalue weighted by Crippen LogP contribution is -2.25. The van der Waals surface area contributed by atoms with Gasteiger partial charge in [-0.05, 0) is 5.21 Å². The lowest BCUT2D eigenvalue weighted by Gasteiger charge is -2.04. The summed E-state index contributed by atoms with van der Waals surface area (Å²) in [5, 5.41) is 16.0. The maximum atomic E-state index is 11.5. The van der Waals surface area contributed by atoms with Gasteiger partial charge in [-0.2, -0.15) is 4.80 Å². The molecule has 8 heteroatoms. The molecular weight excluding hydrogens is 200 g/mol. The van der Waals surface area contributed by atoms with Gasteiger partial charge in [-0.25, -0.2) is 0 Å². The van der Waals surface area contributed by atoms with E-state index < -0.39 is 0 Å². The molecule has 1 aliphatic heterocycles. The number of carbonyl (C=O) groups is 2. The molecule has 1 saturated heterocycles. The molecule has 2 heterocycles. The second-order valence-corrected chi connectivity index (χ2v) is 3.30. The first kappa shape index (κ1) is 9.56. The van der Waals surface area contributed by atoms with Crippen LogP contribution in [0.2, 0.25) is 0 Å². The molecule has 0 saturated carbocycles. The number of carbonyl (C=O) groups excluding carboxylic acids is 2. The fraction of sp³-hybridized carbons (Fsp3) is 0.571. The number of nitrogens with zero attached hydrogens (tertiary/aromatic N) is 4. The molecule has 1 unspecified atom stereocenters. The lowest BCUT2D eigenvalue weighted by atomic mass is 10.1. The Labute approximate surface area is 85.0 Å². The molecule has 15 heavy (non-hydrogen) atoms. The van der Waals surface area contributed by atoms with Crippen molar-refractivity contribution in [2.45, 2.75) is 6.42 Å². The minimum Gasteiger partial charge on any atom is -0.355 e. The summed E-state index contributed by atoms with van der Waals surface area (Å²) >= 11 is 0. The zero-order chi connectivity index (χ0) is 10.8. The first-order valence-electron chi connectivity index (χ1n) is 4.46. The molecule has 1 atom stereocenters. The number of amides is 2. The molecule has 0 aliphatic carbocycles. The standard InChI is InChI=1S/C7H10N6O2/c1-13-11-7(10-12-13)9-6(15)4-2-5(14)8-3-4/h4H,2-3H2,1H3,(H,8,14)(H,9,11,15). The van der Waals surface area contributed by atoms with E-state index in [9.17, 15) is 9.59 Å². The first-order chi connectivity index (χ1) is 7.15. The van der Waals surface area contributed by atoms with Crippen LogP contribution in [0, 0.1) is 5.92 Å². The maximum absolute atomic E-state index is 11.5. The minimum atomic E-state index is -0.346. The quantitative estimate of drug-likeness (QED) is 0.604. The molecule has 0 spiro atoms. The first-order valence-corrected chi connectivity index (χ1v) is 4.46. The van der Waals surface area contributed by atoms with Crippen molar-refractivity contribution < 1.29 is 9.59 Å². The molecule has 0 aromatic carbocycles. The molecule has 1 aromatic rings. The minimum absolute atomic E-state index is 0.109. The lowest BCUT2D eigenvalue weighted by molar-refractivity contribution is -0.123. The Bertz CT molecular complexity index is 400. The number of aryl methyl sites for hydroxylation is 1. The van der Waals surface area contributed by atoms with Crippen LogP contribution >= 0.6 is 0 Å². The highest BCUT2D eigenvalue weighted by molar-refractivity contribution is 5.95. The Morgan fingerprint density at radius 1 is 1.67 bits per heavy atom. The third kappa shape index (κ3) is 2.09. The van der Waals surface area contributed by atoms with E-state index in [0.29, 0.717) is 6.54 Å². The zero-order valence-corrected chi connectivity index (χ0v) is 8.10. The van der Waals surface area contributed by atoms with Gasteiger partial charge in [0.1, 0.15) is 0 Å². The highest BCUT2D eigenvalue weighted by Crippen LogP contribution is 2.10. The van der Waals surface area contributed by atoms with E-state index in [1.807, 2.05) is 0 Å². The van der Waals surface area contributed by atoms with E-state index in [4.69, 9.17) is 0 Å². The third-order valence-electron chi connectivity index (χ3n) is 2.09. The number of hydrogen-bond donors (Lipinski definition) is 2. The highest BCUT2D eigenvalue weighted by Gasteiger charge is 2.28. The van der Waals surface area contributed by atoms with Crippen molar-refractivity contribution in [3.63, 3.8) is 0 Å². The largest absolute Gasteiger partial charge is 0.355 e. The van der Waals surface area contributed by atoms with Crippen molar-refractivity contribution in [2.24, 2.45) is 13.0 Å². The Morgan fingerprint density at radius 3 is 3.00 bits per heavy atom. The van der Waals surface area contributed by atoms with Crippen LogP contribution in [-0.2, 0) is 16.6 Å². The van der Waals surface area contributed by atoms with Crippen LogP contribution in [0.1, 0.15) is 6.42 Å². The molecule has 1 aliphatic rings. The molecule has 2 N–H and O–H groups in total. The number of nitrogens with one attached hydrogen (secondary N) is 2. The van der Waals surface area contributed by atoms with Crippen molar-refractivity contribution >= 4 is 17.8 Å². The van der Waals surface area contributed by atoms with Crippen LogP contribution in [0.4, 0.5) is 5.95 Å². The average molecular weight is 210 g/mol. The van der Waals surface area contributed by atoms with Crippen molar-refractivity contribution in [3.8, 4) is 0 Å². The van der Waals surface area contributed by atoms with Crippen molar-refractivity contribution in [3.05, 3.63) is 0 Å². The van der Waals surface area contributed by atoms with Gasteiger partial charge in [-0.3, -0.25) is 14.9 Å². The zero-order valence-electron chi connectivity index (χ0n) is 8.10. The van der Waals surface area contributed by atoms with Gasteiger partial charge in [-0.1, -0.05) is 5.10 Å². The van der Waals surface area contributed by atoms with Gasteiger partial charge in [0.05, 0.1) is 13.0 Å². The van der Waals surface area contributed by atoms with Gasteiger partial charge in [0.25, 0.3) is 5.95 Å². The summed E-state index contributed by atoms with van der Waals surface area (Å²) in [6, 6.07) is 0. The van der Waals surface area contributed by atoms with E-state index in [0.717, 1.165) is 0 Å². The van der Waals surface area contributed by atoms with Crippen molar-refractivity contribution in [1.82, 2.24) is 25.5 Å². The molecule has 0 radical (unpaired) electrons. The van der Waals surface area contributed by atoms with Crippen LogP contribution in [0.15, 0.2) is 0 Å². The smallest absolute Gasteiger partial charge is 0.270 e. The maximum Gasteiger partial charge on any atom is 0.270 e. The van der Waals surface area contributed by atoms with Crippen molar-refractivity contribution in [1.29, 1.82) is 0 Å². The SMILES string of the molecule is Cn1nnc(NC(=O)C2CNC(=O)C2)n1. The predicted octanol–water partition coefficient (Wildman–Crippen LogP) is -1.72. The summed E-state index contributed by atoms with van der Waals surface area (Å²) in [5.41, 5.74) is 0. The van der Waals surface area contributed by atoms with E-state index in [2.05, 4.69) is 26.0 Å². The van der Waals surface area contributed by atoms with Gasteiger partial charge in [0.15, 0.2) is 0 Å². The Balaban J connectivity index is 1.95. The van der Waals surface area contributed by atoms with Crippen LogP contribution in [0.25, 0.3) is 0 Å². The normalized spacial score (nSPS) is 20.1. The molecule has 1 aromatic heterocycles. The van der Waals surface area contributed by atoms with E-state index in [-0.39, 0.29) is 30.1 Å². The molecule has 8 nitrogen and oxygen atoms in total. The summed E-state index contributed by atoms with van der Waals surface area (Å²) in [6.45, 7) is 0.366. The fourth-order valence-corrected chi connectivity index (χ4v) is 1.34. The molecule has 2 rings (SSSR count). The summed E-state index contributed by atoms with van der Waals surface area (Å²) in [6.07, 6.45) is 0.214. The van der Waals surface area contributed by atoms with E-state index in [1.165, 1.54) is 4.80 Å². The van der Waals surface area contributed by atoms with Gasteiger partial charge in [-0.15, -0.1) is 5.10 Å². The van der Waals surface area contributed by atoms with Crippen LogP contribution in [-0.4, -0.2) is 38.6 Å². The second-order valence-electron chi connectivity index (χ2n) is 3.30. The number of aromatic nitrogens is 4. The average Bonchev–Trinajstić information content (AvgIpc) is 2.75. The van der Waals surface area contributed by atoms with E-state index in [1.54, 1.807) is 7.05 Å². The highest BCUT2D eigenvalue weighted by atomic mass is 16.2. The second kappa shape index (κ2) is 3.64. The Morgan fingerprint density at radius 2 is 2.47 bits per heavy atom. The predicted molar refractivity (Wildman–Crippen MR) is 48.5 cm³/mol. The monoisotopic (exact) mass is 210 g/mol. The van der Waals surface area contributed by atoms with Crippen LogP contribution in [0.5, 0.6) is 0 Å².